The van der Waals surface area contributed by atoms with Gasteiger partial charge in [0.1, 0.15) is 5.75 Å². The van der Waals surface area contributed by atoms with E-state index in [1.54, 1.807) is 18.2 Å². The normalized spacial score (nSPS) is 23.4. The summed E-state index contributed by atoms with van der Waals surface area (Å²) in [4.78, 5) is 14.2. The fraction of sp³-hybridized carbons (Fsp3) is 0.533. The van der Waals surface area contributed by atoms with Crippen molar-refractivity contribution in [2.45, 2.75) is 25.8 Å². The smallest absolute Gasteiger partial charge is 0.227 e. The Morgan fingerprint density at radius 2 is 2.32 bits per heavy atom. The first-order chi connectivity index (χ1) is 9.10. The quantitative estimate of drug-likeness (QED) is 0.865. The van der Waals surface area contributed by atoms with Crippen molar-refractivity contribution < 1.29 is 9.90 Å². The maximum Gasteiger partial charge on any atom is 0.227 e. The average molecular weight is 262 g/mol. The van der Waals surface area contributed by atoms with Gasteiger partial charge >= 0.3 is 0 Å². The van der Waals surface area contributed by atoms with Crippen molar-refractivity contribution in [2.75, 3.05) is 20.1 Å². The van der Waals surface area contributed by atoms with Crippen LogP contribution in [0.3, 0.4) is 0 Å². The van der Waals surface area contributed by atoms with Crippen LogP contribution in [0.1, 0.15) is 18.9 Å². The second kappa shape index (κ2) is 6.06. The Morgan fingerprint density at radius 3 is 2.95 bits per heavy atom. The number of aromatic hydroxyl groups is 1. The Balaban J connectivity index is 1.94. The summed E-state index contributed by atoms with van der Waals surface area (Å²) in [5.41, 5.74) is 0.869. The summed E-state index contributed by atoms with van der Waals surface area (Å²) in [6, 6.07) is 7.43. The first-order valence-electron chi connectivity index (χ1n) is 6.83. The molecule has 0 saturated carbocycles. The van der Waals surface area contributed by atoms with Crippen LogP contribution in [0.4, 0.5) is 0 Å². The molecule has 1 amide bonds. The Kier molecular flexibility index (Phi) is 4.43. The monoisotopic (exact) mass is 262 g/mol. The van der Waals surface area contributed by atoms with Crippen molar-refractivity contribution in [3.8, 4) is 5.75 Å². The van der Waals surface area contributed by atoms with Crippen LogP contribution in [0, 0.1) is 5.92 Å². The zero-order valence-corrected chi connectivity index (χ0v) is 11.6. The van der Waals surface area contributed by atoms with E-state index in [2.05, 4.69) is 12.2 Å². The number of benzene rings is 1. The molecule has 0 spiro atoms. The summed E-state index contributed by atoms with van der Waals surface area (Å²) in [5.74, 6) is 0.839. The minimum Gasteiger partial charge on any atom is -0.508 e. The molecule has 0 aliphatic carbocycles. The van der Waals surface area contributed by atoms with Gasteiger partial charge in [0, 0.05) is 19.1 Å². The van der Waals surface area contributed by atoms with E-state index in [1.165, 1.54) is 0 Å². The molecule has 4 nitrogen and oxygen atoms in total. The molecule has 19 heavy (non-hydrogen) atoms. The van der Waals surface area contributed by atoms with E-state index in [9.17, 15) is 9.90 Å². The topological polar surface area (TPSA) is 52.6 Å². The van der Waals surface area contributed by atoms with E-state index in [4.69, 9.17) is 0 Å². The van der Waals surface area contributed by atoms with Gasteiger partial charge < -0.3 is 15.3 Å². The zero-order valence-electron chi connectivity index (χ0n) is 11.6. The highest BCUT2D eigenvalue weighted by Gasteiger charge is 2.27. The SMILES string of the molecule is CNC1CCN(C(=O)Cc2cccc(O)c2)CC1C. The molecular weight excluding hydrogens is 240 g/mol. The Hall–Kier alpha value is -1.55. The first-order valence-corrected chi connectivity index (χ1v) is 6.83. The largest absolute Gasteiger partial charge is 0.508 e. The molecule has 1 fully saturated rings. The second-order valence-corrected chi connectivity index (χ2v) is 5.35. The predicted octanol–water partition coefficient (Wildman–Crippen LogP) is 1.39. The molecule has 2 N–H and O–H groups in total. The Morgan fingerprint density at radius 1 is 1.53 bits per heavy atom. The Labute approximate surface area is 114 Å². The number of carbonyl (C=O) groups excluding carboxylic acids is 1. The molecule has 0 aromatic heterocycles. The van der Waals surface area contributed by atoms with Gasteiger partial charge in [0.15, 0.2) is 0 Å². The lowest BCUT2D eigenvalue weighted by molar-refractivity contribution is -0.132. The third-order valence-corrected chi connectivity index (χ3v) is 3.89. The van der Waals surface area contributed by atoms with E-state index in [0.29, 0.717) is 18.4 Å². The third kappa shape index (κ3) is 3.47. The fourth-order valence-corrected chi connectivity index (χ4v) is 2.75. The minimum atomic E-state index is 0.145. The van der Waals surface area contributed by atoms with E-state index < -0.39 is 0 Å². The van der Waals surface area contributed by atoms with Crippen molar-refractivity contribution in [3.63, 3.8) is 0 Å². The van der Waals surface area contributed by atoms with Crippen LogP contribution in [0.25, 0.3) is 0 Å². The van der Waals surface area contributed by atoms with Gasteiger partial charge in [0.05, 0.1) is 6.42 Å². The number of hydrogen-bond donors (Lipinski definition) is 2. The number of phenolic OH excluding ortho intramolecular Hbond substituents is 1. The van der Waals surface area contributed by atoms with Crippen LogP contribution in [-0.2, 0) is 11.2 Å². The van der Waals surface area contributed by atoms with Crippen LogP contribution >= 0.6 is 0 Å². The van der Waals surface area contributed by atoms with Gasteiger partial charge in [-0.2, -0.15) is 0 Å². The van der Waals surface area contributed by atoms with E-state index in [1.807, 2.05) is 18.0 Å². The van der Waals surface area contributed by atoms with E-state index >= 15 is 0 Å². The summed E-state index contributed by atoms with van der Waals surface area (Å²) in [6.07, 6.45) is 1.37. The lowest BCUT2D eigenvalue weighted by Crippen LogP contribution is -2.49. The van der Waals surface area contributed by atoms with Crippen LogP contribution in [-0.4, -0.2) is 42.1 Å². The Bertz CT molecular complexity index is 448. The fourth-order valence-electron chi connectivity index (χ4n) is 2.75. The summed E-state index contributed by atoms with van der Waals surface area (Å²) in [7, 11) is 1.98. The highest BCUT2D eigenvalue weighted by molar-refractivity contribution is 5.79. The number of piperidine rings is 1. The lowest BCUT2D eigenvalue weighted by Gasteiger charge is -2.36. The average Bonchev–Trinajstić information content (AvgIpc) is 2.38. The van der Waals surface area contributed by atoms with Gasteiger partial charge in [0.2, 0.25) is 5.91 Å². The minimum absolute atomic E-state index is 0.145. The van der Waals surface area contributed by atoms with Crippen molar-refractivity contribution >= 4 is 5.91 Å². The van der Waals surface area contributed by atoms with E-state index in [0.717, 1.165) is 25.1 Å². The maximum absolute atomic E-state index is 12.2. The van der Waals surface area contributed by atoms with Gasteiger partial charge in [-0.1, -0.05) is 19.1 Å². The molecule has 0 radical (unpaired) electrons. The molecule has 2 rings (SSSR count). The van der Waals surface area contributed by atoms with Gasteiger partial charge in [-0.25, -0.2) is 0 Å². The standard InChI is InChI=1S/C15H22N2O2/c1-11-10-17(7-6-14(11)16-2)15(19)9-12-4-3-5-13(18)8-12/h3-5,8,11,14,16,18H,6-7,9-10H2,1-2H3. The summed E-state index contributed by atoms with van der Waals surface area (Å²) in [6.45, 7) is 3.80. The van der Waals surface area contributed by atoms with Gasteiger partial charge in [-0.3, -0.25) is 4.79 Å². The number of amides is 1. The number of carbonyl (C=O) groups is 1. The van der Waals surface area contributed by atoms with E-state index in [-0.39, 0.29) is 11.7 Å². The number of hydrogen-bond acceptors (Lipinski definition) is 3. The molecule has 1 aliphatic rings. The maximum atomic E-state index is 12.2. The number of phenols is 1. The van der Waals surface area contributed by atoms with Gasteiger partial charge in [-0.15, -0.1) is 0 Å². The van der Waals surface area contributed by atoms with Crippen LogP contribution in [0.15, 0.2) is 24.3 Å². The molecule has 1 aromatic rings. The van der Waals surface area contributed by atoms with Crippen LogP contribution in [0.5, 0.6) is 5.75 Å². The predicted molar refractivity (Wildman–Crippen MR) is 75.0 cm³/mol. The molecule has 0 bridgehead atoms. The van der Waals surface area contributed by atoms with Crippen LogP contribution in [0.2, 0.25) is 0 Å². The molecule has 1 aromatic carbocycles. The zero-order chi connectivity index (χ0) is 13.8. The highest BCUT2D eigenvalue weighted by Crippen LogP contribution is 2.18. The molecule has 4 heteroatoms. The van der Waals surface area contributed by atoms with Gasteiger partial charge in [0.25, 0.3) is 0 Å². The molecular formula is C15H22N2O2. The van der Waals surface area contributed by atoms with Gasteiger partial charge in [-0.05, 0) is 37.1 Å². The summed E-state index contributed by atoms with van der Waals surface area (Å²) in [5, 5.41) is 12.7. The number of rotatable bonds is 3. The van der Waals surface area contributed by atoms with Crippen molar-refractivity contribution in [2.24, 2.45) is 5.92 Å². The van der Waals surface area contributed by atoms with Crippen molar-refractivity contribution in [3.05, 3.63) is 29.8 Å². The highest BCUT2D eigenvalue weighted by atomic mass is 16.3. The first kappa shape index (κ1) is 13.9. The molecule has 104 valence electrons. The van der Waals surface area contributed by atoms with Crippen molar-refractivity contribution in [1.29, 1.82) is 0 Å². The summed E-state index contributed by atoms with van der Waals surface area (Å²) < 4.78 is 0. The molecule has 2 atom stereocenters. The molecule has 1 aliphatic heterocycles. The molecule has 1 heterocycles. The number of nitrogens with one attached hydrogen (secondary N) is 1. The summed E-state index contributed by atoms with van der Waals surface area (Å²) >= 11 is 0. The van der Waals surface area contributed by atoms with Crippen LogP contribution < -0.4 is 5.32 Å². The number of nitrogens with zero attached hydrogens (tertiary/aromatic N) is 1. The van der Waals surface area contributed by atoms with Crippen molar-refractivity contribution in [1.82, 2.24) is 10.2 Å². The lowest BCUT2D eigenvalue weighted by atomic mass is 9.93. The molecule has 1 saturated heterocycles. The second-order valence-electron chi connectivity index (χ2n) is 5.35. The number of likely N-dealkylation sites (tertiary alicyclic amines) is 1. The molecule has 2 unspecified atom stereocenters. The third-order valence-electron chi connectivity index (χ3n) is 3.89.